The van der Waals surface area contributed by atoms with Crippen molar-refractivity contribution >= 4 is 29.3 Å². The van der Waals surface area contributed by atoms with Gasteiger partial charge in [0.05, 0.1) is 0 Å². The van der Waals surface area contributed by atoms with Gasteiger partial charge < -0.3 is 10.2 Å². The molecule has 0 aromatic heterocycles. The quantitative estimate of drug-likeness (QED) is 0.757. The smallest absolute Gasteiger partial charge is 0.251 e. The van der Waals surface area contributed by atoms with Crippen LogP contribution in [-0.2, 0) is 10.5 Å². The molecule has 136 valence electrons. The van der Waals surface area contributed by atoms with E-state index in [2.05, 4.69) is 36.5 Å². The summed E-state index contributed by atoms with van der Waals surface area (Å²) in [5.74, 6) is 1.86. The summed E-state index contributed by atoms with van der Waals surface area (Å²) in [7, 11) is 0. The van der Waals surface area contributed by atoms with E-state index in [0.29, 0.717) is 18.5 Å². The van der Waals surface area contributed by atoms with Gasteiger partial charge in [-0.15, -0.1) is 0 Å². The number of aryl methyl sites for hydroxylation is 1. The molecule has 1 aliphatic rings. The van der Waals surface area contributed by atoms with Gasteiger partial charge in [0.1, 0.15) is 0 Å². The molecule has 0 radical (unpaired) electrons. The summed E-state index contributed by atoms with van der Waals surface area (Å²) in [6.07, 6.45) is 1.47. The van der Waals surface area contributed by atoms with Gasteiger partial charge in [-0.1, -0.05) is 35.9 Å². The molecular formula is C21H24N2O2S. The van der Waals surface area contributed by atoms with Gasteiger partial charge in [0.2, 0.25) is 5.91 Å². The summed E-state index contributed by atoms with van der Waals surface area (Å²) < 4.78 is 0. The Labute approximate surface area is 159 Å². The van der Waals surface area contributed by atoms with Gasteiger partial charge in [-0.05, 0) is 37.1 Å². The molecule has 2 amide bonds. The maximum atomic E-state index is 12.3. The molecule has 0 spiro atoms. The number of hydrogen-bond donors (Lipinski definition) is 1. The third-order valence-corrected chi connectivity index (χ3v) is 5.41. The highest BCUT2D eigenvalue weighted by molar-refractivity contribution is 7.98. The van der Waals surface area contributed by atoms with Crippen LogP contribution in [0.2, 0.25) is 0 Å². The molecule has 1 saturated heterocycles. The number of carbonyl (C=O) groups is 2. The molecule has 1 N–H and O–H groups in total. The zero-order chi connectivity index (χ0) is 18.4. The van der Waals surface area contributed by atoms with Crippen molar-refractivity contribution in [1.29, 1.82) is 0 Å². The van der Waals surface area contributed by atoms with Gasteiger partial charge in [0, 0.05) is 42.3 Å². The van der Waals surface area contributed by atoms with Crippen molar-refractivity contribution in [2.45, 2.75) is 25.5 Å². The highest BCUT2D eigenvalue weighted by Gasteiger charge is 2.22. The fourth-order valence-electron chi connectivity index (χ4n) is 3.07. The predicted octanol–water partition coefficient (Wildman–Crippen LogP) is 3.79. The van der Waals surface area contributed by atoms with Crippen LogP contribution < -0.4 is 10.2 Å². The lowest BCUT2D eigenvalue weighted by Gasteiger charge is -2.16. The standard InChI is InChI=1S/C21H24N2O2S/c1-16-5-2-6-17(13-16)15-26-12-10-22-21(25)18-7-3-8-19(14-18)23-11-4-9-20(23)24/h2-3,5-8,13-14H,4,9-12,15H2,1H3,(H,22,25). The van der Waals surface area contributed by atoms with Gasteiger partial charge in [-0.25, -0.2) is 0 Å². The lowest BCUT2D eigenvalue weighted by atomic mass is 10.1. The normalized spacial score (nSPS) is 13.9. The van der Waals surface area contributed by atoms with Crippen molar-refractivity contribution in [3.63, 3.8) is 0 Å². The number of thioether (sulfide) groups is 1. The molecule has 0 aliphatic carbocycles. The number of rotatable bonds is 7. The largest absolute Gasteiger partial charge is 0.351 e. The van der Waals surface area contributed by atoms with E-state index >= 15 is 0 Å². The van der Waals surface area contributed by atoms with Crippen molar-refractivity contribution in [3.05, 3.63) is 65.2 Å². The van der Waals surface area contributed by atoms with Crippen LogP contribution in [0.3, 0.4) is 0 Å². The van der Waals surface area contributed by atoms with Crippen LogP contribution in [0.4, 0.5) is 5.69 Å². The number of anilines is 1. The molecule has 0 atom stereocenters. The van der Waals surface area contributed by atoms with Crippen molar-refractivity contribution < 1.29 is 9.59 Å². The van der Waals surface area contributed by atoms with Crippen LogP contribution in [0.25, 0.3) is 0 Å². The van der Waals surface area contributed by atoms with Crippen molar-refractivity contribution in [3.8, 4) is 0 Å². The Kier molecular flexibility index (Phi) is 6.34. The van der Waals surface area contributed by atoms with E-state index in [-0.39, 0.29) is 11.8 Å². The lowest BCUT2D eigenvalue weighted by molar-refractivity contribution is -0.117. The fraction of sp³-hybridized carbons (Fsp3) is 0.333. The fourth-order valence-corrected chi connectivity index (χ4v) is 3.87. The first kappa shape index (κ1) is 18.5. The van der Waals surface area contributed by atoms with Crippen LogP contribution in [0, 0.1) is 6.92 Å². The third kappa shape index (κ3) is 4.88. The monoisotopic (exact) mass is 368 g/mol. The second-order valence-electron chi connectivity index (χ2n) is 6.50. The Morgan fingerprint density at radius 1 is 1.19 bits per heavy atom. The molecule has 26 heavy (non-hydrogen) atoms. The molecule has 4 nitrogen and oxygen atoms in total. The number of carbonyl (C=O) groups excluding carboxylic acids is 2. The second-order valence-corrected chi connectivity index (χ2v) is 7.60. The van der Waals surface area contributed by atoms with Gasteiger partial charge >= 0.3 is 0 Å². The van der Waals surface area contributed by atoms with Crippen molar-refractivity contribution in [1.82, 2.24) is 5.32 Å². The van der Waals surface area contributed by atoms with Crippen LogP contribution in [-0.4, -0.2) is 30.7 Å². The molecule has 1 aliphatic heterocycles. The zero-order valence-electron chi connectivity index (χ0n) is 15.0. The molecule has 1 fully saturated rings. The van der Waals surface area contributed by atoms with Gasteiger partial charge in [0.25, 0.3) is 5.91 Å². The van der Waals surface area contributed by atoms with E-state index in [4.69, 9.17) is 0 Å². The number of nitrogens with one attached hydrogen (secondary N) is 1. The van der Waals surface area contributed by atoms with Crippen LogP contribution >= 0.6 is 11.8 Å². The highest BCUT2D eigenvalue weighted by atomic mass is 32.2. The summed E-state index contributed by atoms with van der Waals surface area (Å²) in [5, 5.41) is 2.96. The maximum absolute atomic E-state index is 12.3. The molecule has 5 heteroatoms. The number of nitrogens with zero attached hydrogens (tertiary/aromatic N) is 1. The van der Waals surface area contributed by atoms with E-state index in [1.54, 1.807) is 17.0 Å². The van der Waals surface area contributed by atoms with Gasteiger partial charge in [-0.2, -0.15) is 11.8 Å². The average Bonchev–Trinajstić information content (AvgIpc) is 3.07. The SMILES string of the molecule is Cc1cccc(CSCCNC(=O)c2cccc(N3CCCC3=O)c2)c1. The molecule has 2 aromatic rings. The Bertz CT molecular complexity index is 791. The van der Waals surface area contributed by atoms with Gasteiger partial charge in [0.15, 0.2) is 0 Å². The zero-order valence-corrected chi connectivity index (χ0v) is 15.8. The van der Waals surface area contributed by atoms with E-state index < -0.39 is 0 Å². The Morgan fingerprint density at radius 3 is 2.81 bits per heavy atom. The molecular weight excluding hydrogens is 344 g/mol. The Morgan fingerprint density at radius 2 is 2.04 bits per heavy atom. The molecule has 0 unspecified atom stereocenters. The van der Waals surface area contributed by atoms with E-state index in [1.807, 2.05) is 23.9 Å². The van der Waals surface area contributed by atoms with Crippen molar-refractivity contribution in [2.75, 3.05) is 23.7 Å². The highest BCUT2D eigenvalue weighted by Crippen LogP contribution is 2.22. The average molecular weight is 369 g/mol. The minimum Gasteiger partial charge on any atom is -0.351 e. The summed E-state index contributed by atoms with van der Waals surface area (Å²) in [6.45, 7) is 3.46. The van der Waals surface area contributed by atoms with E-state index in [9.17, 15) is 9.59 Å². The first-order valence-corrected chi connectivity index (χ1v) is 10.1. The number of benzene rings is 2. The number of amides is 2. The third-order valence-electron chi connectivity index (χ3n) is 4.38. The first-order chi connectivity index (χ1) is 12.6. The van der Waals surface area contributed by atoms with E-state index in [0.717, 1.165) is 30.2 Å². The van der Waals surface area contributed by atoms with Crippen LogP contribution in [0.1, 0.15) is 34.3 Å². The molecule has 0 bridgehead atoms. The Hall–Kier alpha value is -2.27. The topological polar surface area (TPSA) is 49.4 Å². The lowest BCUT2D eigenvalue weighted by Crippen LogP contribution is -2.27. The summed E-state index contributed by atoms with van der Waals surface area (Å²) in [6, 6.07) is 15.8. The number of hydrogen-bond acceptors (Lipinski definition) is 3. The van der Waals surface area contributed by atoms with Crippen LogP contribution in [0.15, 0.2) is 48.5 Å². The summed E-state index contributed by atoms with van der Waals surface area (Å²) in [5.41, 5.74) is 4.00. The van der Waals surface area contributed by atoms with E-state index in [1.165, 1.54) is 11.1 Å². The minimum absolute atomic E-state index is 0.0883. The van der Waals surface area contributed by atoms with Crippen LogP contribution in [0.5, 0.6) is 0 Å². The second kappa shape index (κ2) is 8.90. The minimum atomic E-state index is -0.0883. The molecule has 1 heterocycles. The molecule has 0 saturated carbocycles. The first-order valence-electron chi connectivity index (χ1n) is 8.95. The summed E-state index contributed by atoms with van der Waals surface area (Å²) >= 11 is 1.81. The maximum Gasteiger partial charge on any atom is 0.251 e. The predicted molar refractivity (Wildman–Crippen MR) is 108 cm³/mol. The summed E-state index contributed by atoms with van der Waals surface area (Å²) in [4.78, 5) is 26.0. The van der Waals surface area contributed by atoms with Crippen molar-refractivity contribution in [2.24, 2.45) is 0 Å². The Balaban J connectivity index is 1.45. The molecule has 3 rings (SSSR count). The van der Waals surface area contributed by atoms with Gasteiger partial charge in [-0.3, -0.25) is 9.59 Å². The molecule has 2 aromatic carbocycles.